The highest BCUT2D eigenvalue weighted by Gasteiger charge is 2.14. The van der Waals surface area contributed by atoms with E-state index in [1.165, 1.54) is 5.56 Å². The van der Waals surface area contributed by atoms with E-state index in [1.807, 2.05) is 78.4 Å². The van der Waals surface area contributed by atoms with Crippen molar-refractivity contribution in [2.45, 2.75) is 6.54 Å². The molecule has 0 fully saturated rings. The van der Waals surface area contributed by atoms with E-state index in [2.05, 4.69) is 27.5 Å². The summed E-state index contributed by atoms with van der Waals surface area (Å²) in [4.78, 5) is 11.3. The molecule has 0 saturated heterocycles. The van der Waals surface area contributed by atoms with Crippen LogP contribution in [-0.4, -0.2) is 33.8 Å². The van der Waals surface area contributed by atoms with Gasteiger partial charge in [-0.1, -0.05) is 48.5 Å². The van der Waals surface area contributed by atoms with Crippen molar-refractivity contribution in [1.29, 1.82) is 0 Å². The number of fused-ring (bicyclic) bond motifs is 1. The molecule has 4 rings (SSSR count). The molecule has 0 aliphatic carbocycles. The number of hydrogen-bond donors (Lipinski definition) is 1. The quantitative estimate of drug-likeness (QED) is 0.600. The highest BCUT2D eigenvalue weighted by Crippen LogP contribution is 2.25. The number of rotatable bonds is 5. The van der Waals surface area contributed by atoms with Crippen LogP contribution in [0.3, 0.4) is 0 Å². The van der Waals surface area contributed by atoms with Crippen molar-refractivity contribution >= 4 is 22.8 Å². The van der Waals surface area contributed by atoms with Gasteiger partial charge in [-0.25, -0.2) is 4.68 Å². The van der Waals surface area contributed by atoms with Crippen LogP contribution in [0.15, 0.2) is 66.9 Å². The number of nitrogens with zero attached hydrogens (tertiary/aromatic N) is 5. The molecule has 0 unspecified atom stereocenters. The summed E-state index contributed by atoms with van der Waals surface area (Å²) in [5.41, 5.74) is 2.95. The van der Waals surface area contributed by atoms with Gasteiger partial charge >= 0.3 is 0 Å². The van der Waals surface area contributed by atoms with E-state index in [-0.39, 0.29) is 0 Å². The molecule has 0 aliphatic heterocycles. The maximum Gasteiger partial charge on any atom is 0.228 e. The molecule has 0 aliphatic rings. The Hall–Kier alpha value is -3.41. The van der Waals surface area contributed by atoms with Crippen molar-refractivity contribution in [1.82, 2.24) is 19.7 Å². The Morgan fingerprint density at radius 3 is 2.31 bits per heavy atom. The van der Waals surface area contributed by atoms with Crippen LogP contribution in [0.5, 0.6) is 0 Å². The van der Waals surface area contributed by atoms with Crippen molar-refractivity contribution < 1.29 is 0 Å². The monoisotopic (exact) mass is 344 g/mol. The third-order valence-corrected chi connectivity index (χ3v) is 4.12. The van der Waals surface area contributed by atoms with Gasteiger partial charge in [0, 0.05) is 20.6 Å². The van der Waals surface area contributed by atoms with Gasteiger partial charge in [-0.05, 0) is 17.7 Å². The summed E-state index contributed by atoms with van der Waals surface area (Å²) in [7, 11) is 3.87. The Labute approximate surface area is 152 Å². The summed E-state index contributed by atoms with van der Waals surface area (Å²) in [5.74, 6) is 1.43. The number of para-hydroxylation sites is 1. The van der Waals surface area contributed by atoms with Crippen LogP contribution in [0.2, 0.25) is 0 Å². The summed E-state index contributed by atoms with van der Waals surface area (Å²) in [6, 6.07) is 20.3. The number of nitrogens with one attached hydrogen (secondary N) is 1. The van der Waals surface area contributed by atoms with E-state index in [0.717, 1.165) is 22.5 Å². The zero-order valence-corrected chi connectivity index (χ0v) is 14.8. The molecule has 0 amide bonds. The second-order valence-corrected chi connectivity index (χ2v) is 6.23. The zero-order valence-electron chi connectivity index (χ0n) is 14.8. The Balaban J connectivity index is 1.78. The average Bonchev–Trinajstić information content (AvgIpc) is 3.11. The van der Waals surface area contributed by atoms with Gasteiger partial charge in [0.1, 0.15) is 5.82 Å². The summed E-state index contributed by atoms with van der Waals surface area (Å²) in [6.45, 7) is 0.691. The molecule has 0 saturated carbocycles. The molecule has 130 valence electrons. The Morgan fingerprint density at radius 1 is 0.923 bits per heavy atom. The van der Waals surface area contributed by atoms with Crippen molar-refractivity contribution in [3.05, 3.63) is 72.4 Å². The highest BCUT2D eigenvalue weighted by molar-refractivity contribution is 5.88. The van der Waals surface area contributed by atoms with Crippen LogP contribution >= 0.6 is 0 Å². The fourth-order valence-electron chi connectivity index (χ4n) is 2.77. The van der Waals surface area contributed by atoms with Crippen molar-refractivity contribution in [3.8, 4) is 5.69 Å². The molecule has 0 bridgehead atoms. The molecule has 4 aromatic rings. The fraction of sp³-hybridized carbons (Fsp3) is 0.150. The minimum atomic E-state index is 0.644. The second-order valence-electron chi connectivity index (χ2n) is 6.23. The smallest absolute Gasteiger partial charge is 0.228 e. The molecule has 2 aromatic carbocycles. The van der Waals surface area contributed by atoms with E-state index in [0.29, 0.717) is 12.5 Å². The minimum absolute atomic E-state index is 0.644. The molecule has 2 aromatic heterocycles. The second kappa shape index (κ2) is 6.84. The molecule has 0 atom stereocenters. The van der Waals surface area contributed by atoms with Gasteiger partial charge < -0.3 is 10.2 Å². The summed E-state index contributed by atoms with van der Waals surface area (Å²) < 4.78 is 1.84. The van der Waals surface area contributed by atoms with Crippen LogP contribution in [0, 0.1) is 0 Å². The lowest BCUT2D eigenvalue weighted by molar-refractivity contribution is 0.890. The van der Waals surface area contributed by atoms with Crippen LogP contribution in [0.1, 0.15) is 5.56 Å². The Morgan fingerprint density at radius 2 is 1.62 bits per heavy atom. The van der Waals surface area contributed by atoms with E-state index < -0.39 is 0 Å². The van der Waals surface area contributed by atoms with Gasteiger partial charge in [0.15, 0.2) is 5.65 Å². The van der Waals surface area contributed by atoms with E-state index >= 15 is 0 Å². The first-order chi connectivity index (χ1) is 12.7. The van der Waals surface area contributed by atoms with Gasteiger partial charge in [-0.3, -0.25) is 0 Å². The number of hydrogen-bond acceptors (Lipinski definition) is 5. The molecule has 2 heterocycles. The third kappa shape index (κ3) is 3.09. The first-order valence-corrected chi connectivity index (χ1v) is 8.49. The summed E-state index contributed by atoms with van der Waals surface area (Å²) in [5, 5.41) is 8.87. The molecule has 6 heteroatoms. The van der Waals surface area contributed by atoms with E-state index in [4.69, 9.17) is 4.98 Å². The van der Waals surface area contributed by atoms with Gasteiger partial charge in [-0.2, -0.15) is 15.1 Å². The first kappa shape index (κ1) is 16.1. The van der Waals surface area contributed by atoms with Gasteiger partial charge in [0.25, 0.3) is 0 Å². The number of benzene rings is 2. The largest absolute Gasteiger partial charge is 0.365 e. The van der Waals surface area contributed by atoms with Gasteiger partial charge in [-0.15, -0.1) is 0 Å². The predicted octanol–water partition coefficient (Wildman–Crippen LogP) is 3.49. The SMILES string of the molecule is CN(C)c1nc(NCc2ccccc2)c2cnn(-c3ccccc3)c2n1. The molecular weight excluding hydrogens is 324 g/mol. The maximum atomic E-state index is 4.70. The molecule has 1 N–H and O–H groups in total. The first-order valence-electron chi connectivity index (χ1n) is 8.49. The Bertz CT molecular complexity index is 1010. The van der Waals surface area contributed by atoms with Gasteiger partial charge in [0.05, 0.1) is 17.3 Å². The number of anilines is 2. The van der Waals surface area contributed by atoms with Crippen LogP contribution < -0.4 is 10.2 Å². The van der Waals surface area contributed by atoms with E-state index in [1.54, 1.807) is 0 Å². The van der Waals surface area contributed by atoms with Crippen LogP contribution in [-0.2, 0) is 6.54 Å². The van der Waals surface area contributed by atoms with Crippen molar-refractivity contribution in [3.63, 3.8) is 0 Å². The molecule has 26 heavy (non-hydrogen) atoms. The normalized spacial score (nSPS) is 10.8. The molecule has 0 spiro atoms. The lowest BCUT2D eigenvalue weighted by Crippen LogP contribution is -2.15. The molecular formula is C20H20N6. The minimum Gasteiger partial charge on any atom is -0.365 e. The highest BCUT2D eigenvalue weighted by atomic mass is 15.3. The van der Waals surface area contributed by atoms with Crippen molar-refractivity contribution in [2.24, 2.45) is 0 Å². The van der Waals surface area contributed by atoms with Crippen LogP contribution in [0.4, 0.5) is 11.8 Å². The van der Waals surface area contributed by atoms with E-state index in [9.17, 15) is 0 Å². The number of aromatic nitrogens is 4. The Kier molecular flexibility index (Phi) is 4.23. The third-order valence-electron chi connectivity index (χ3n) is 4.12. The fourth-order valence-corrected chi connectivity index (χ4v) is 2.77. The lowest BCUT2D eigenvalue weighted by atomic mass is 10.2. The average molecular weight is 344 g/mol. The van der Waals surface area contributed by atoms with Crippen molar-refractivity contribution in [2.75, 3.05) is 24.3 Å². The summed E-state index contributed by atoms with van der Waals surface area (Å²) >= 11 is 0. The molecule has 6 nitrogen and oxygen atoms in total. The summed E-state index contributed by atoms with van der Waals surface area (Å²) in [6.07, 6.45) is 1.81. The topological polar surface area (TPSA) is 58.9 Å². The lowest BCUT2D eigenvalue weighted by Gasteiger charge is -2.14. The maximum absolute atomic E-state index is 4.70. The predicted molar refractivity (Wildman–Crippen MR) is 105 cm³/mol. The molecule has 0 radical (unpaired) electrons. The van der Waals surface area contributed by atoms with Crippen LogP contribution in [0.25, 0.3) is 16.7 Å². The standard InChI is InChI=1S/C20H20N6/c1-25(2)20-23-18(21-13-15-9-5-3-6-10-15)17-14-22-26(19(17)24-20)16-11-7-4-8-12-16/h3-12,14H,13H2,1-2H3,(H,21,23,24). The van der Waals surface area contributed by atoms with Gasteiger partial charge in [0.2, 0.25) is 5.95 Å². The zero-order chi connectivity index (χ0) is 17.9.